The second kappa shape index (κ2) is 9.42. The highest BCUT2D eigenvalue weighted by Gasteiger charge is 2.25. The van der Waals surface area contributed by atoms with Gasteiger partial charge in [0.25, 0.3) is 5.91 Å². The maximum atomic E-state index is 13.0. The Morgan fingerprint density at radius 1 is 1.17 bits per heavy atom. The number of nitrogens with one attached hydrogen (secondary N) is 1. The average Bonchev–Trinajstić information content (AvgIpc) is 3.46. The lowest BCUT2D eigenvalue weighted by atomic mass is 9.85. The molecule has 4 aromatic rings. The van der Waals surface area contributed by atoms with E-state index in [1.165, 1.54) is 20.6 Å². The number of carbonyl (C=O) groups excluding carboxylic acids is 1. The summed E-state index contributed by atoms with van der Waals surface area (Å²) in [5.74, 6) is 2.23. The molecular weight excluding hydrogens is 470 g/mol. The van der Waals surface area contributed by atoms with Crippen LogP contribution in [-0.2, 0) is 0 Å². The molecule has 5 rings (SSSR count). The third-order valence-electron chi connectivity index (χ3n) is 6.15. The smallest absolute Gasteiger partial charge is 0.259 e. The number of anilines is 1. The third-order valence-corrected chi connectivity index (χ3v) is 6.45. The lowest BCUT2D eigenvalue weighted by Crippen LogP contribution is -2.13. The van der Waals surface area contributed by atoms with Crippen molar-refractivity contribution in [2.75, 3.05) is 19.5 Å². The number of ether oxygens (including phenoxy) is 2. The molecule has 1 aliphatic rings. The summed E-state index contributed by atoms with van der Waals surface area (Å²) in [4.78, 5) is 17.6. The number of methoxy groups -OCH3 is 2. The lowest BCUT2D eigenvalue weighted by molar-refractivity contribution is 0.102. The summed E-state index contributed by atoms with van der Waals surface area (Å²) >= 11 is 6.35. The molecule has 10 heteroatoms. The molecule has 180 valence electrons. The lowest BCUT2D eigenvalue weighted by Gasteiger charge is -2.20. The molecule has 2 heterocycles. The number of rotatable bonds is 7. The van der Waals surface area contributed by atoms with E-state index in [9.17, 15) is 4.79 Å². The van der Waals surface area contributed by atoms with Gasteiger partial charge in [0, 0.05) is 29.8 Å². The molecule has 2 aromatic heterocycles. The van der Waals surface area contributed by atoms with Crippen molar-refractivity contribution in [1.82, 2.24) is 19.9 Å². The summed E-state index contributed by atoms with van der Waals surface area (Å²) in [6, 6.07) is 10.9. The zero-order valence-corrected chi connectivity index (χ0v) is 20.3. The molecule has 0 bridgehead atoms. The number of hydrogen-bond acceptors (Lipinski definition) is 7. The first-order valence-corrected chi connectivity index (χ1v) is 11.6. The summed E-state index contributed by atoms with van der Waals surface area (Å²) in [5, 5.41) is 11.7. The molecule has 1 saturated carbocycles. The minimum atomic E-state index is -0.356. The van der Waals surface area contributed by atoms with Gasteiger partial charge in [0.1, 0.15) is 17.2 Å². The second-order valence-electron chi connectivity index (χ2n) is 8.34. The summed E-state index contributed by atoms with van der Waals surface area (Å²) in [5.41, 5.74) is 2.98. The van der Waals surface area contributed by atoms with Crippen LogP contribution >= 0.6 is 11.6 Å². The number of nitrogens with zero attached hydrogens (tertiary/aromatic N) is 4. The van der Waals surface area contributed by atoms with Gasteiger partial charge in [0.2, 0.25) is 11.7 Å². The van der Waals surface area contributed by atoms with E-state index in [4.69, 9.17) is 25.6 Å². The Kier molecular flexibility index (Phi) is 6.17. The Hall–Kier alpha value is -3.85. The zero-order valence-electron chi connectivity index (χ0n) is 19.5. The Labute approximate surface area is 207 Å². The Balaban J connectivity index is 1.35. The topological polar surface area (TPSA) is 104 Å². The van der Waals surface area contributed by atoms with Crippen LogP contribution in [0.1, 0.15) is 47.1 Å². The fourth-order valence-electron chi connectivity index (χ4n) is 3.89. The highest BCUT2D eigenvalue weighted by molar-refractivity contribution is 6.34. The molecule has 1 amide bonds. The normalized spacial score (nSPS) is 13.4. The van der Waals surface area contributed by atoms with E-state index < -0.39 is 0 Å². The molecule has 9 nitrogen and oxygen atoms in total. The molecule has 2 aromatic carbocycles. The molecule has 1 N–H and O–H groups in total. The van der Waals surface area contributed by atoms with E-state index in [0.29, 0.717) is 51.1 Å². The van der Waals surface area contributed by atoms with Gasteiger partial charge in [-0.1, -0.05) is 23.2 Å². The highest BCUT2D eigenvalue weighted by Crippen LogP contribution is 2.37. The van der Waals surface area contributed by atoms with Crippen molar-refractivity contribution in [1.29, 1.82) is 0 Å². The van der Waals surface area contributed by atoms with Crippen molar-refractivity contribution >= 4 is 23.2 Å². The van der Waals surface area contributed by atoms with Crippen LogP contribution in [-0.4, -0.2) is 40.0 Å². The van der Waals surface area contributed by atoms with Crippen LogP contribution < -0.4 is 14.8 Å². The van der Waals surface area contributed by atoms with E-state index >= 15 is 0 Å². The summed E-state index contributed by atoms with van der Waals surface area (Å²) in [6.45, 7) is 1.77. The van der Waals surface area contributed by atoms with Crippen molar-refractivity contribution in [3.05, 3.63) is 64.8 Å². The number of aromatic nitrogens is 4. The van der Waals surface area contributed by atoms with Gasteiger partial charge in [0.05, 0.1) is 36.2 Å². The van der Waals surface area contributed by atoms with Crippen LogP contribution in [0.25, 0.3) is 17.1 Å². The van der Waals surface area contributed by atoms with Crippen molar-refractivity contribution < 1.29 is 18.8 Å². The van der Waals surface area contributed by atoms with Crippen molar-refractivity contribution in [2.45, 2.75) is 32.1 Å². The molecule has 1 aliphatic carbocycles. The van der Waals surface area contributed by atoms with Gasteiger partial charge in [-0.15, -0.1) is 0 Å². The molecule has 0 saturated heterocycles. The van der Waals surface area contributed by atoms with Gasteiger partial charge in [-0.2, -0.15) is 10.1 Å². The molecular formula is C25H24ClN5O4. The van der Waals surface area contributed by atoms with Crippen LogP contribution in [0.2, 0.25) is 5.02 Å². The number of amides is 1. The average molecular weight is 494 g/mol. The fraction of sp³-hybridized carbons (Fsp3) is 0.280. The number of halogens is 1. The van der Waals surface area contributed by atoms with Crippen molar-refractivity contribution in [3.8, 4) is 28.6 Å². The first-order chi connectivity index (χ1) is 17.0. The van der Waals surface area contributed by atoms with Crippen LogP contribution in [0.4, 0.5) is 5.69 Å². The van der Waals surface area contributed by atoms with Crippen molar-refractivity contribution in [2.24, 2.45) is 0 Å². The molecule has 0 spiro atoms. The molecule has 0 atom stereocenters. The van der Waals surface area contributed by atoms with Crippen LogP contribution in [0.15, 0.2) is 47.1 Å². The van der Waals surface area contributed by atoms with E-state index in [2.05, 4.69) is 20.6 Å². The quantitative estimate of drug-likeness (QED) is 0.366. The summed E-state index contributed by atoms with van der Waals surface area (Å²) < 4.78 is 17.6. The fourth-order valence-corrected chi connectivity index (χ4v) is 4.14. The number of benzene rings is 2. The maximum Gasteiger partial charge on any atom is 0.259 e. The predicted octanol–water partition coefficient (Wildman–Crippen LogP) is 5.42. The van der Waals surface area contributed by atoms with Crippen LogP contribution in [0, 0.1) is 6.92 Å². The SMILES string of the molecule is COc1cc(Cl)c(NC(=O)c2cn(-c3ccc(-c4noc(C5CCC5)n4)cc3)nc2C)c(OC)c1. The van der Waals surface area contributed by atoms with Crippen molar-refractivity contribution in [3.63, 3.8) is 0 Å². The Morgan fingerprint density at radius 2 is 1.94 bits per heavy atom. The van der Waals surface area contributed by atoms with Crippen LogP contribution in [0.3, 0.4) is 0 Å². The van der Waals surface area contributed by atoms with Gasteiger partial charge in [-0.3, -0.25) is 4.79 Å². The largest absolute Gasteiger partial charge is 0.497 e. The molecule has 35 heavy (non-hydrogen) atoms. The first-order valence-electron chi connectivity index (χ1n) is 11.2. The number of aryl methyl sites for hydroxylation is 1. The zero-order chi connectivity index (χ0) is 24.5. The minimum absolute atomic E-state index is 0.303. The van der Waals surface area contributed by atoms with Gasteiger partial charge < -0.3 is 19.3 Å². The highest BCUT2D eigenvalue weighted by atomic mass is 35.5. The van der Waals surface area contributed by atoms with Crippen LogP contribution in [0.5, 0.6) is 11.5 Å². The Bertz CT molecular complexity index is 1380. The molecule has 0 radical (unpaired) electrons. The molecule has 0 unspecified atom stereocenters. The maximum absolute atomic E-state index is 13.0. The second-order valence-corrected chi connectivity index (χ2v) is 8.75. The third kappa shape index (κ3) is 4.46. The number of hydrogen-bond donors (Lipinski definition) is 1. The van der Waals surface area contributed by atoms with E-state index in [0.717, 1.165) is 24.1 Å². The van der Waals surface area contributed by atoms with Gasteiger partial charge in [0.15, 0.2) is 0 Å². The Morgan fingerprint density at radius 3 is 2.60 bits per heavy atom. The van der Waals surface area contributed by atoms with E-state index in [1.54, 1.807) is 29.9 Å². The summed E-state index contributed by atoms with van der Waals surface area (Å²) in [7, 11) is 3.03. The standard InChI is InChI=1S/C25H24ClN5O4/c1-14-19(24(32)27-22-20(26)11-18(33-2)12-21(22)34-3)13-31(29-14)17-9-7-15(8-10-17)23-28-25(35-30-23)16-5-4-6-16/h7-13,16H,4-6H2,1-3H3,(H,27,32). The molecule has 1 fully saturated rings. The summed E-state index contributed by atoms with van der Waals surface area (Å²) in [6.07, 6.45) is 5.09. The van der Waals surface area contributed by atoms with Gasteiger partial charge in [-0.05, 0) is 44.0 Å². The van der Waals surface area contributed by atoms with Gasteiger partial charge in [-0.25, -0.2) is 4.68 Å². The molecule has 0 aliphatic heterocycles. The monoisotopic (exact) mass is 493 g/mol. The first kappa shape index (κ1) is 22.9. The van der Waals surface area contributed by atoms with E-state index in [1.807, 2.05) is 24.3 Å². The number of carbonyl (C=O) groups is 1. The minimum Gasteiger partial charge on any atom is -0.497 e. The van der Waals surface area contributed by atoms with Gasteiger partial charge >= 0.3 is 0 Å². The predicted molar refractivity (Wildman–Crippen MR) is 131 cm³/mol. The van der Waals surface area contributed by atoms with E-state index in [-0.39, 0.29) is 5.91 Å².